The molecule has 2 aromatic rings. The van der Waals surface area contributed by atoms with Gasteiger partial charge in [-0.3, -0.25) is 14.5 Å². The molecule has 210 valence electrons. The third-order valence-electron chi connectivity index (χ3n) is 5.67. The molecule has 4 rings (SSSR count). The molecule has 2 aliphatic rings. The Morgan fingerprint density at radius 1 is 1.23 bits per heavy atom. The fourth-order valence-electron chi connectivity index (χ4n) is 4.08. The lowest BCUT2D eigenvalue weighted by Gasteiger charge is -2.49. The molecule has 1 saturated heterocycles. The van der Waals surface area contributed by atoms with E-state index in [1.807, 2.05) is 22.8 Å². The van der Waals surface area contributed by atoms with Gasteiger partial charge in [0.25, 0.3) is 11.8 Å². The summed E-state index contributed by atoms with van der Waals surface area (Å²) >= 11 is 1.34. The van der Waals surface area contributed by atoms with Crippen LogP contribution in [0.25, 0.3) is 0 Å². The van der Waals surface area contributed by atoms with Gasteiger partial charge in [-0.15, -0.1) is 11.8 Å². The molecule has 0 aromatic carbocycles. The summed E-state index contributed by atoms with van der Waals surface area (Å²) in [5.74, 6) is -2.85. The highest BCUT2D eigenvalue weighted by molar-refractivity contribution is 8.00. The smallest absolute Gasteiger partial charge is 0.352 e. The van der Waals surface area contributed by atoms with E-state index in [0.717, 1.165) is 0 Å². The quantitative estimate of drug-likeness (QED) is 0.126. The highest BCUT2D eigenvalue weighted by atomic mass is 32.2. The van der Waals surface area contributed by atoms with Crippen LogP contribution in [0, 0.1) is 0 Å². The Kier molecular flexibility index (Phi) is 8.38. The monoisotopic (exact) mass is 569 g/mol. The van der Waals surface area contributed by atoms with Gasteiger partial charge in [-0.1, -0.05) is 17.3 Å². The third-order valence-corrected chi connectivity index (χ3v) is 7.01. The molecule has 1 unspecified atom stereocenters. The number of carbonyl (C=O) groups excluding carboxylic acids is 3. The number of fused-ring (bicyclic) bond motifs is 1. The lowest BCUT2D eigenvalue weighted by atomic mass is 10.0. The van der Waals surface area contributed by atoms with Crippen molar-refractivity contribution in [2.24, 2.45) is 5.16 Å². The predicted molar refractivity (Wildman–Crippen MR) is 143 cm³/mol. The molecule has 2 aliphatic heterocycles. The van der Waals surface area contributed by atoms with Crippen LogP contribution in [0.15, 0.2) is 65.2 Å². The number of nitrogen functional groups attached to an aromatic ring is 1. The van der Waals surface area contributed by atoms with Crippen molar-refractivity contribution >= 4 is 47.0 Å². The summed E-state index contributed by atoms with van der Waals surface area (Å²) < 4.78 is 6.99. The number of nitrogens with zero attached hydrogens (tertiary/aromatic N) is 4. The molecule has 14 heteroatoms. The van der Waals surface area contributed by atoms with Gasteiger partial charge in [0.1, 0.15) is 34.2 Å². The molecular weight excluding hydrogens is 540 g/mol. The molecule has 0 radical (unpaired) electrons. The molecule has 4 N–H and O–H groups in total. The van der Waals surface area contributed by atoms with Crippen LogP contribution in [-0.2, 0) is 35.3 Å². The molecule has 4 heterocycles. The Hall–Kier alpha value is -4.46. The zero-order valence-corrected chi connectivity index (χ0v) is 22.9. The number of oxime groups is 1. The summed E-state index contributed by atoms with van der Waals surface area (Å²) in [6, 6.07) is 9.01. The van der Waals surface area contributed by atoms with E-state index in [2.05, 4.69) is 15.5 Å². The number of amides is 2. The normalized spacial score (nSPS) is 18.9. The van der Waals surface area contributed by atoms with Gasteiger partial charge in [0.15, 0.2) is 24.7 Å². The number of aliphatic carboxylic acids is 1. The number of aromatic nitrogens is 2. The standard InChI is InChI=1S/C26H28N6O7S/c1-26(2,3)39-18(33)13-38-30-19(16-8-7-9-17(27)28-16)22(34)29-20-23(35)32-21(25(36)37)15(14-40-24(20)32)12-31-10-5-4-6-11-31/h4-11,20,24H,12-14H2,1-3H3,(H3-,27,28,29,34,36,37)/p+1/t20?,24-/m1/s1. The second kappa shape index (κ2) is 11.7. The van der Waals surface area contributed by atoms with Crippen molar-refractivity contribution in [3.63, 3.8) is 0 Å². The average Bonchev–Trinajstić information content (AvgIpc) is 2.88. The van der Waals surface area contributed by atoms with Gasteiger partial charge in [-0.25, -0.2) is 19.1 Å². The number of β-lactam (4-membered cyclic amide) rings is 1. The van der Waals surface area contributed by atoms with Gasteiger partial charge in [-0.05, 0) is 32.9 Å². The number of carbonyl (C=O) groups is 4. The van der Waals surface area contributed by atoms with E-state index in [9.17, 15) is 24.3 Å². The van der Waals surface area contributed by atoms with Gasteiger partial charge in [0, 0.05) is 23.5 Å². The number of nitrogens with two attached hydrogens (primary N) is 1. The van der Waals surface area contributed by atoms with E-state index < -0.39 is 47.4 Å². The molecule has 2 amide bonds. The first-order valence-electron chi connectivity index (χ1n) is 12.2. The van der Waals surface area contributed by atoms with Gasteiger partial charge < -0.3 is 25.7 Å². The second-order valence-electron chi connectivity index (χ2n) is 9.91. The molecule has 2 aromatic heterocycles. The molecule has 0 spiro atoms. The predicted octanol–water partition coefficient (Wildman–Crippen LogP) is 0.453. The molecule has 2 atom stereocenters. The van der Waals surface area contributed by atoms with Crippen LogP contribution in [0.1, 0.15) is 26.5 Å². The van der Waals surface area contributed by atoms with Crippen molar-refractivity contribution in [1.29, 1.82) is 0 Å². The maximum atomic E-state index is 13.3. The van der Waals surface area contributed by atoms with Gasteiger partial charge in [0.05, 0.1) is 0 Å². The van der Waals surface area contributed by atoms with Crippen molar-refractivity contribution in [3.05, 3.63) is 65.8 Å². The van der Waals surface area contributed by atoms with Crippen molar-refractivity contribution in [1.82, 2.24) is 15.2 Å². The Labute approximate surface area is 234 Å². The first kappa shape index (κ1) is 28.5. The van der Waals surface area contributed by atoms with Crippen LogP contribution in [0.5, 0.6) is 0 Å². The van der Waals surface area contributed by atoms with Crippen molar-refractivity contribution in [2.75, 3.05) is 18.1 Å². The van der Waals surface area contributed by atoms with Crippen LogP contribution in [0.2, 0.25) is 0 Å². The first-order valence-corrected chi connectivity index (χ1v) is 13.3. The zero-order chi connectivity index (χ0) is 29.0. The number of anilines is 1. The van der Waals surface area contributed by atoms with E-state index in [1.54, 1.807) is 39.2 Å². The number of thioether (sulfide) groups is 1. The van der Waals surface area contributed by atoms with Crippen LogP contribution in [-0.4, -0.2) is 73.8 Å². The fraction of sp³-hybridized carbons (Fsp3) is 0.346. The number of carboxylic acids is 1. The van der Waals surface area contributed by atoms with Gasteiger partial charge >= 0.3 is 11.9 Å². The van der Waals surface area contributed by atoms with Crippen LogP contribution in [0.4, 0.5) is 5.82 Å². The van der Waals surface area contributed by atoms with Crippen molar-refractivity contribution in [3.8, 4) is 0 Å². The summed E-state index contributed by atoms with van der Waals surface area (Å²) in [6.07, 6.45) is 3.61. The highest BCUT2D eigenvalue weighted by Crippen LogP contribution is 2.40. The molecule has 0 saturated carbocycles. The number of nitrogens with one attached hydrogen (secondary N) is 1. The summed E-state index contributed by atoms with van der Waals surface area (Å²) in [7, 11) is 0. The first-order chi connectivity index (χ1) is 18.9. The number of rotatable bonds is 9. The molecule has 13 nitrogen and oxygen atoms in total. The van der Waals surface area contributed by atoms with Crippen molar-refractivity contribution < 1.29 is 38.4 Å². The topological polar surface area (TPSA) is 177 Å². The minimum atomic E-state index is -1.23. The van der Waals surface area contributed by atoms with E-state index >= 15 is 0 Å². The van der Waals surface area contributed by atoms with E-state index in [0.29, 0.717) is 17.9 Å². The lowest BCUT2D eigenvalue weighted by Crippen LogP contribution is -2.71. The maximum Gasteiger partial charge on any atom is 0.352 e. The summed E-state index contributed by atoms with van der Waals surface area (Å²) in [6.45, 7) is 4.82. The number of carboxylic acid groups (broad SMARTS) is 1. The molecule has 1 fully saturated rings. The van der Waals surface area contributed by atoms with Crippen molar-refractivity contribution in [2.45, 2.75) is 44.3 Å². The molecule has 0 bridgehead atoms. The SMILES string of the molecule is CC(C)(C)OC(=O)CON=C(C(=O)NC1C(=O)N2C(C(=O)O)=C(C[n+]3ccccc3)CS[C@H]12)c1cccc(N)n1. The number of ether oxygens (including phenoxy) is 1. The second-order valence-corrected chi connectivity index (χ2v) is 11.0. The third kappa shape index (κ3) is 6.57. The Morgan fingerprint density at radius 2 is 1.95 bits per heavy atom. The molecular formula is C26H29N6O7S+. The van der Waals surface area contributed by atoms with Gasteiger partial charge in [0.2, 0.25) is 6.61 Å². The van der Waals surface area contributed by atoms with E-state index in [4.69, 9.17) is 15.3 Å². The summed E-state index contributed by atoms with van der Waals surface area (Å²) in [4.78, 5) is 60.9. The molecule has 40 heavy (non-hydrogen) atoms. The minimum absolute atomic E-state index is 0.0508. The van der Waals surface area contributed by atoms with E-state index in [1.165, 1.54) is 28.8 Å². The average molecular weight is 570 g/mol. The zero-order valence-electron chi connectivity index (χ0n) is 22.1. The lowest BCUT2D eigenvalue weighted by molar-refractivity contribution is -0.689. The largest absolute Gasteiger partial charge is 0.477 e. The number of pyridine rings is 2. The minimum Gasteiger partial charge on any atom is -0.477 e. The number of hydrogen-bond donors (Lipinski definition) is 3. The van der Waals surface area contributed by atoms with Crippen LogP contribution in [0.3, 0.4) is 0 Å². The van der Waals surface area contributed by atoms with Crippen LogP contribution >= 0.6 is 11.8 Å². The molecule has 0 aliphatic carbocycles. The Balaban J connectivity index is 1.51. The number of hydrogen-bond acceptors (Lipinski definition) is 10. The Bertz CT molecular complexity index is 1390. The fourth-order valence-corrected chi connectivity index (χ4v) is 5.42. The Morgan fingerprint density at radius 3 is 2.60 bits per heavy atom. The summed E-state index contributed by atoms with van der Waals surface area (Å²) in [5.41, 5.74) is 5.23. The van der Waals surface area contributed by atoms with Gasteiger partial charge in [-0.2, -0.15) is 0 Å². The van der Waals surface area contributed by atoms with Crippen LogP contribution < -0.4 is 15.6 Å². The summed E-state index contributed by atoms with van der Waals surface area (Å²) in [5, 5.41) is 15.7. The number of esters is 1. The van der Waals surface area contributed by atoms with E-state index in [-0.39, 0.29) is 22.9 Å². The maximum absolute atomic E-state index is 13.3. The highest BCUT2D eigenvalue weighted by Gasteiger charge is 2.54.